The van der Waals surface area contributed by atoms with Crippen LogP contribution in [0.5, 0.6) is 0 Å². The summed E-state index contributed by atoms with van der Waals surface area (Å²) >= 11 is 11.9. The minimum atomic E-state index is -0.468. The summed E-state index contributed by atoms with van der Waals surface area (Å²) in [6.07, 6.45) is 2.40. The summed E-state index contributed by atoms with van der Waals surface area (Å²) in [7, 11) is 0. The highest BCUT2D eigenvalue weighted by molar-refractivity contribution is 6.42. The molecule has 1 N–H and O–H groups in total. The van der Waals surface area contributed by atoms with Crippen LogP contribution in [0.3, 0.4) is 0 Å². The molecule has 0 unspecified atom stereocenters. The van der Waals surface area contributed by atoms with Gasteiger partial charge in [0, 0.05) is 18.7 Å². The second-order valence-electron chi connectivity index (χ2n) is 5.46. The van der Waals surface area contributed by atoms with Gasteiger partial charge >= 0.3 is 0 Å². The van der Waals surface area contributed by atoms with Gasteiger partial charge in [0.2, 0.25) is 0 Å². The van der Waals surface area contributed by atoms with Crippen molar-refractivity contribution >= 4 is 29.1 Å². The molecule has 23 heavy (non-hydrogen) atoms. The molecule has 2 heterocycles. The number of likely N-dealkylation sites (tertiary alicyclic amines) is 1. The van der Waals surface area contributed by atoms with Gasteiger partial charge in [-0.25, -0.2) is 9.97 Å². The van der Waals surface area contributed by atoms with Crippen LogP contribution in [0.25, 0.3) is 11.3 Å². The Morgan fingerprint density at radius 3 is 2.78 bits per heavy atom. The van der Waals surface area contributed by atoms with Gasteiger partial charge in [-0.2, -0.15) is 0 Å². The van der Waals surface area contributed by atoms with Gasteiger partial charge in [0.25, 0.3) is 5.91 Å². The molecule has 0 aliphatic carbocycles. The summed E-state index contributed by atoms with van der Waals surface area (Å²) in [6, 6.07) is 6.80. The number of hydrogen-bond donors (Lipinski definition) is 1. The Hall–Kier alpha value is -1.69. The molecule has 1 aliphatic rings. The standard InChI is InChI=1S/C16H15Cl2N3O2/c17-12-4-3-10(6-13(12)18)14-7-15(20-9-19-14)16(23)21-5-1-2-11(22)8-21/h3-4,6-7,9,11,22H,1-2,5,8H2/t11-/m0/s1. The van der Waals surface area contributed by atoms with E-state index in [2.05, 4.69) is 9.97 Å². The summed E-state index contributed by atoms with van der Waals surface area (Å²) < 4.78 is 0. The molecular weight excluding hydrogens is 337 g/mol. The third-order valence-electron chi connectivity index (χ3n) is 3.79. The van der Waals surface area contributed by atoms with Crippen molar-refractivity contribution in [2.24, 2.45) is 0 Å². The highest BCUT2D eigenvalue weighted by Crippen LogP contribution is 2.27. The molecule has 0 bridgehead atoms. The molecule has 1 fully saturated rings. The zero-order chi connectivity index (χ0) is 16.4. The first-order valence-corrected chi connectivity index (χ1v) is 8.05. The SMILES string of the molecule is O=C(c1cc(-c2ccc(Cl)c(Cl)c2)ncn1)N1CCC[C@H](O)C1. The average molecular weight is 352 g/mol. The second-order valence-corrected chi connectivity index (χ2v) is 6.28. The first-order chi connectivity index (χ1) is 11.0. The Morgan fingerprint density at radius 2 is 2.04 bits per heavy atom. The van der Waals surface area contributed by atoms with Gasteiger partial charge in [0.1, 0.15) is 12.0 Å². The fraction of sp³-hybridized carbons (Fsp3) is 0.312. The van der Waals surface area contributed by atoms with Crippen LogP contribution in [0.15, 0.2) is 30.6 Å². The van der Waals surface area contributed by atoms with Crippen molar-refractivity contribution in [2.75, 3.05) is 13.1 Å². The van der Waals surface area contributed by atoms with Crippen molar-refractivity contribution < 1.29 is 9.90 Å². The second kappa shape index (κ2) is 6.83. The Kier molecular flexibility index (Phi) is 4.80. The van der Waals surface area contributed by atoms with E-state index in [0.717, 1.165) is 18.4 Å². The number of amides is 1. The van der Waals surface area contributed by atoms with Gasteiger partial charge in [0.15, 0.2) is 0 Å². The lowest BCUT2D eigenvalue weighted by atomic mass is 10.1. The van der Waals surface area contributed by atoms with Crippen molar-refractivity contribution in [1.29, 1.82) is 0 Å². The lowest BCUT2D eigenvalue weighted by molar-refractivity contribution is 0.0469. The van der Waals surface area contributed by atoms with Gasteiger partial charge in [-0.1, -0.05) is 29.3 Å². The Labute approximate surface area is 143 Å². The van der Waals surface area contributed by atoms with Crippen molar-refractivity contribution in [2.45, 2.75) is 18.9 Å². The third-order valence-corrected chi connectivity index (χ3v) is 4.52. The minimum absolute atomic E-state index is 0.201. The molecule has 1 amide bonds. The van der Waals surface area contributed by atoms with Crippen LogP contribution in [0, 0.1) is 0 Å². The first kappa shape index (κ1) is 16.2. The fourth-order valence-corrected chi connectivity index (χ4v) is 2.89. The van der Waals surface area contributed by atoms with Crippen LogP contribution in [0.4, 0.5) is 0 Å². The number of halogens is 2. The van der Waals surface area contributed by atoms with Crippen LogP contribution in [-0.4, -0.2) is 45.1 Å². The third kappa shape index (κ3) is 3.63. The summed E-state index contributed by atoms with van der Waals surface area (Å²) in [5.74, 6) is -0.201. The topological polar surface area (TPSA) is 66.3 Å². The maximum absolute atomic E-state index is 12.5. The smallest absolute Gasteiger partial charge is 0.272 e. The number of hydrogen-bond acceptors (Lipinski definition) is 4. The molecule has 1 aromatic carbocycles. The van der Waals surface area contributed by atoms with E-state index in [4.69, 9.17) is 23.2 Å². The number of aliphatic hydroxyl groups is 1. The molecule has 120 valence electrons. The number of benzene rings is 1. The number of aliphatic hydroxyl groups excluding tert-OH is 1. The maximum atomic E-state index is 12.5. The normalized spacial score (nSPS) is 18.0. The van der Waals surface area contributed by atoms with E-state index in [1.807, 2.05) is 0 Å². The van der Waals surface area contributed by atoms with Crippen molar-refractivity contribution in [3.05, 3.63) is 46.3 Å². The Balaban J connectivity index is 1.87. The molecule has 5 nitrogen and oxygen atoms in total. The number of β-amino-alcohol motifs (C(OH)–C–C–N with tert-alkyl or cyclic N) is 1. The quantitative estimate of drug-likeness (QED) is 0.902. The summed E-state index contributed by atoms with van der Waals surface area (Å²) in [4.78, 5) is 22.4. The lowest BCUT2D eigenvalue weighted by Crippen LogP contribution is -2.42. The number of piperidine rings is 1. The predicted octanol–water partition coefficient (Wildman–Crippen LogP) is 3.05. The Bertz CT molecular complexity index is 739. The number of carbonyl (C=O) groups is 1. The average Bonchev–Trinajstić information content (AvgIpc) is 2.57. The number of nitrogens with zero attached hydrogens (tertiary/aromatic N) is 3. The van der Waals surface area contributed by atoms with Gasteiger partial charge in [-0.05, 0) is 31.0 Å². The lowest BCUT2D eigenvalue weighted by Gasteiger charge is -2.29. The van der Waals surface area contributed by atoms with Crippen molar-refractivity contribution in [3.63, 3.8) is 0 Å². The molecule has 0 saturated carbocycles. The molecule has 1 atom stereocenters. The zero-order valence-electron chi connectivity index (χ0n) is 12.2. The molecule has 1 saturated heterocycles. The summed E-state index contributed by atoms with van der Waals surface area (Å²) in [5, 5.41) is 10.6. The van der Waals surface area contributed by atoms with E-state index in [9.17, 15) is 9.90 Å². The molecule has 3 rings (SSSR count). The molecule has 7 heteroatoms. The van der Waals surface area contributed by atoms with Gasteiger partial charge in [0.05, 0.1) is 21.8 Å². The molecular formula is C16H15Cl2N3O2. The van der Waals surface area contributed by atoms with E-state index < -0.39 is 6.10 Å². The van der Waals surface area contributed by atoms with Crippen molar-refractivity contribution in [3.8, 4) is 11.3 Å². The van der Waals surface area contributed by atoms with Gasteiger partial charge < -0.3 is 10.0 Å². The van der Waals surface area contributed by atoms with E-state index in [1.54, 1.807) is 29.2 Å². The highest BCUT2D eigenvalue weighted by atomic mass is 35.5. The Morgan fingerprint density at radius 1 is 1.22 bits per heavy atom. The van der Waals surface area contributed by atoms with Crippen LogP contribution in [-0.2, 0) is 0 Å². The summed E-state index contributed by atoms with van der Waals surface area (Å²) in [6.45, 7) is 0.965. The monoisotopic (exact) mass is 351 g/mol. The van der Waals surface area contributed by atoms with E-state index >= 15 is 0 Å². The van der Waals surface area contributed by atoms with Gasteiger partial charge in [-0.15, -0.1) is 0 Å². The van der Waals surface area contributed by atoms with E-state index in [-0.39, 0.29) is 5.91 Å². The minimum Gasteiger partial charge on any atom is -0.391 e. The molecule has 0 radical (unpaired) electrons. The highest BCUT2D eigenvalue weighted by Gasteiger charge is 2.24. The van der Waals surface area contributed by atoms with E-state index in [0.29, 0.717) is 34.5 Å². The zero-order valence-corrected chi connectivity index (χ0v) is 13.8. The van der Waals surface area contributed by atoms with E-state index in [1.165, 1.54) is 6.33 Å². The van der Waals surface area contributed by atoms with Crippen LogP contribution >= 0.6 is 23.2 Å². The largest absolute Gasteiger partial charge is 0.391 e. The first-order valence-electron chi connectivity index (χ1n) is 7.29. The van der Waals surface area contributed by atoms with Crippen LogP contribution < -0.4 is 0 Å². The molecule has 1 aliphatic heterocycles. The number of aromatic nitrogens is 2. The fourth-order valence-electron chi connectivity index (χ4n) is 2.59. The van der Waals surface area contributed by atoms with Crippen LogP contribution in [0.2, 0.25) is 10.0 Å². The maximum Gasteiger partial charge on any atom is 0.272 e. The van der Waals surface area contributed by atoms with Crippen LogP contribution in [0.1, 0.15) is 23.3 Å². The predicted molar refractivity (Wildman–Crippen MR) is 88.6 cm³/mol. The van der Waals surface area contributed by atoms with Gasteiger partial charge in [-0.3, -0.25) is 4.79 Å². The number of rotatable bonds is 2. The molecule has 2 aromatic rings. The number of carbonyl (C=O) groups excluding carboxylic acids is 1. The van der Waals surface area contributed by atoms with Crippen molar-refractivity contribution in [1.82, 2.24) is 14.9 Å². The molecule has 1 aromatic heterocycles. The summed E-state index contributed by atoms with van der Waals surface area (Å²) in [5.41, 5.74) is 1.66. The molecule has 0 spiro atoms.